The number of rotatable bonds is 3. The van der Waals surface area contributed by atoms with Gasteiger partial charge < -0.3 is 5.11 Å². The molecule has 0 aromatic heterocycles. The molecular weight excluding hydrogens is 216 g/mol. The molecule has 1 aliphatic rings. The molecule has 1 fully saturated rings. The van der Waals surface area contributed by atoms with Crippen molar-refractivity contribution in [2.75, 3.05) is 6.54 Å². The summed E-state index contributed by atoms with van der Waals surface area (Å²) >= 11 is 0. The SMILES string of the molecule is N#C[C@@H]1C[C@@H](C(=O)O)N(Cc2ccccc2)C1. The fraction of sp³-hybridized carbons (Fsp3) is 0.385. The summed E-state index contributed by atoms with van der Waals surface area (Å²) in [5, 5.41) is 18.0. The van der Waals surface area contributed by atoms with Gasteiger partial charge in [0, 0.05) is 13.1 Å². The Hall–Kier alpha value is -1.86. The summed E-state index contributed by atoms with van der Waals surface area (Å²) in [6.45, 7) is 1.14. The van der Waals surface area contributed by atoms with Gasteiger partial charge in [0.15, 0.2) is 0 Å². The maximum Gasteiger partial charge on any atom is 0.320 e. The van der Waals surface area contributed by atoms with E-state index >= 15 is 0 Å². The average molecular weight is 230 g/mol. The number of aliphatic carboxylic acids is 1. The lowest BCUT2D eigenvalue weighted by Crippen LogP contribution is -2.35. The average Bonchev–Trinajstić information content (AvgIpc) is 2.74. The van der Waals surface area contributed by atoms with Crippen LogP contribution in [0.5, 0.6) is 0 Å². The number of nitrogens with zero attached hydrogens (tertiary/aromatic N) is 2. The molecule has 17 heavy (non-hydrogen) atoms. The minimum Gasteiger partial charge on any atom is -0.480 e. The standard InChI is InChI=1S/C13H14N2O2/c14-7-11-6-12(13(16)17)15(9-11)8-10-4-2-1-3-5-10/h1-5,11-12H,6,8-9H2,(H,16,17)/t11-,12-/m0/s1. The van der Waals surface area contributed by atoms with E-state index in [-0.39, 0.29) is 5.92 Å². The highest BCUT2D eigenvalue weighted by Crippen LogP contribution is 2.24. The van der Waals surface area contributed by atoms with Crippen LogP contribution in [0.1, 0.15) is 12.0 Å². The van der Waals surface area contributed by atoms with Gasteiger partial charge in [-0.05, 0) is 12.0 Å². The molecule has 1 aromatic carbocycles. The number of carboxylic acid groups (broad SMARTS) is 1. The van der Waals surface area contributed by atoms with Crippen LogP contribution in [0.3, 0.4) is 0 Å². The van der Waals surface area contributed by atoms with Gasteiger partial charge in [0.2, 0.25) is 0 Å². The van der Waals surface area contributed by atoms with Gasteiger partial charge in [0.1, 0.15) is 6.04 Å². The topological polar surface area (TPSA) is 64.3 Å². The van der Waals surface area contributed by atoms with E-state index in [1.54, 1.807) is 0 Å². The van der Waals surface area contributed by atoms with Crippen LogP contribution in [0, 0.1) is 17.2 Å². The third-order valence-corrected chi connectivity index (χ3v) is 3.10. The first-order valence-electron chi connectivity index (χ1n) is 5.61. The van der Waals surface area contributed by atoms with Gasteiger partial charge in [0.05, 0.1) is 12.0 Å². The van der Waals surface area contributed by atoms with Gasteiger partial charge in [-0.3, -0.25) is 9.69 Å². The molecule has 1 aromatic rings. The molecule has 88 valence electrons. The summed E-state index contributed by atoms with van der Waals surface area (Å²) in [6.07, 6.45) is 0.429. The second-order valence-electron chi connectivity index (χ2n) is 4.33. The Kier molecular flexibility index (Phi) is 3.40. The molecule has 0 spiro atoms. The van der Waals surface area contributed by atoms with Gasteiger partial charge in [-0.1, -0.05) is 30.3 Å². The number of likely N-dealkylation sites (tertiary alicyclic amines) is 1. The summed E-state index contributed by atoms with van der Waals surface area (Å²) in [7, 11) is 0. The zero-order valence-electron chi connectivity index (χ0n) is 9.41. The van der Waals surface area contributed by atoms with E-state index < -0.39 is 12.0 Å². The summed E-state index contributed by atoms with van der Waals surface area (Å²) in [5.74, 6) is -1.00. The van der Waals surface area contributed by atoms with Crippen molar-refractivity contribution in [2.24, 2.45) is 5.92 Å². The van der Waals surface area contributed by atoms with Crippen molar-refractivity contribution in [3.63, 3.8) is 0 Å². The van der Waals surface area contributed by atoms with Crippen LogP contribution in [0.15, 0.2) is 30.3 Å². The predicted molar refractivity (Wildman–Crippen MR) is 62.0 cm³/mol. The van der Waals surface area contributed by atoms with Crippen LogP contribution in [-0.2, 0) is 11.3 Å². The predicted octanol–water partition coefficient (Wildman–Crippen LogP) is 1.49. The third-order valence-electron chi connectivity index (χ3n) is 3.10. The molecule has 0 saturated carbocycles. The Labute approximate surface area is 100 Å². The van der Waals surface area contributed by atoms with Crippen LogP contribution in [-0.4, -0.2) is 28.6 Å². The van der Waals surface area contributed by atoms with Gasteiger partial charge in [-0.2, -0.15) is 5.26 Å². The number of nitriles is 1. The van der Waals surface area contributed by atoms with E-state index in [1.165, 1.54) is 0 Å². The smallest absolute Gasteiger partial charge is 0.320 e. The molecule has 4 nitrogen and oxygen atoms in total. The maximum atomic E-state index is 11.1. The first-order chi connectivity index (χ1) is 8.20. The Balaban J connectivity index is 2.09. The lowest BCUT2D eigenvalue weighted by molar-refractivity contribution is -0.142. The van der Waals surface area contributed by atoms with E-state index in [9.17, 15) is 4.79 Å². The quantitative estimate of drug-likeness (QED) is 0.854. The summed E-state index contributed by atoms with van der Waals surface area (Å²) in [4.78, 5) is 13.0. The van der Waals surface area contributed by atoms with Crippen LogP contribution in [0.25, 0.3) is 0 Å². The largest absolute Gasteiger partial charge is 0.480 e. The monoisotopic (exact) mass is 230 g/mol. The number of hydrogen-bond acceptors (Lipinski definition) is 3. The zero-order valence-corrected chi connectivity index (χ0v) is 9.41. The summed E-state index contributed by atoms with van der Waals surface area (Å²) in [6, 6.07) is 11.4. The zero-order chi connectivity index (χ0) is 12.3. The fourth-order valence-electron chi connectivity index (χ4n) is 2.25. The molecule has 0 radical (unpaired) electrons. The van der Waals surface area contributed by atoms with Crippen molar-refractivity contribution in [1.29, 1.82) is 5.26 Å². The van der Waals surface area contributed by atoms with Crippen LogP contribution in [0.4, 0.5) is 0 Å². The maximum absolute atomic E-state index is 11.1. The van der Waals surface area contributed by atoms with Gasteiger partial charge in [0.25, 0.3) is 0 Å². The number of hydrogen-bond donors (Lipinski definition) is 1. The highest BCUT2D eigenvalue weighted by molar-refractivity contribution is 5.74. The third kappa shape index (κ3) is 2.63. The van der Waals surface area contributed by atoms with Crippen LogP contribution >= 0.6 is 0 Å². The van der Waals surface area contributed by atoms with Crippen molar-refractivity contribution in [3.8, 4) is 6.07 Å². The molecule has 1 saturated heterocycles. The molecule has 2 rings (SSSR count). The van der Waals surface area contributed by atoms with Crippen LogP contribution < -0.4 is 0 Å². The molecular formula is C13H14N2O2. The number of benzene rings is 1. The summed E-state index contributed by atoms with van der Waals surface area (Å²) in [5.41, 5.74) is 1.08. The minimum absolute atomic E-state index is 0.167. The van der Waals surface area contributed by atoms with Crippen molar-refractivity contribution >= 4 is 5.97 Å². The normalized spacial score (nSPS) is 24.4. The first-order valence-corrected chi connectivity index (χ1v) is 5.61. The van der Waals surface area contributed by atoms with Gasteiger partial charge in [-0.15, -0.1) is 0 Å². The van der Waals surface area contributed by atoms with Gasteiger partial charge >= 0.3 is 5.97 Å². The molecule has 0 aliphatic carbocycles. The summed E-state index contributed by atoms with van der Waals surface area (Å²) < 4.78 is 0. The Morgan fingerprint density at radius 3 is 2.76 bits per heavy atom. The Morgan fingerprint density at radius 1 is 1.47 bits per heavy atom. The Morgan fingerprint density at radius 2 is 2.18 bits per heavy atom. The number of carbonyl (C=O) groups is 1. The van der Waals surface area contributed by atoms with Crippen molar-refractivity contribution in [2.45, 2.75) is 19.0 Å². The molecule has 4 heteroatoms. The minimum atomic E-state index is -0.835. The van der Waals surface area contributed by atoms with E-state index in [2.05, 4.69) is 6.07 Å². The van der Waals surface area contributed by atoms with E-state index in [0.29, 0.717) is 19.5 Å². The molecule has 2 atom stereocenters. The number of carboxylic acids is 1. The molecule has 0 unspecified atom stereocenters. The Bertz CT molecular complexity index is 438. The van der Waals surface area contributed by atoms with Gasteiger partial charge in [-0.25, -0.2) is 0 Å². The highest BCUT2D eigenvalue weighted by atomic mass is 16.4. The highest BCUT2D eigenvalue weighted by Gasteiger charge is 2.36. The van der Waals surface area contributed by atoms with Crippen LogP contribution in [0.2, 0.25) is 0 Å². The lowest BCUT2D eigenvalue weighted by atomic mass is 10.1. The van der Waals surface area contributed by atoms with Crippen molar-refractivity contribution in [1.82, 2.24) is 4.90 Å². The van der Waals surface area contributed by atoms with Crippen molar-refractivity contribution < 1.29 is 9.90 Å². The van der Waals surface area contributed by atoms with E-state index in [1.807, 2.05) is 35.2 Å². The fourth-order valence-corrected chi connectivity index (χ4v) is 2.25. The van der Waals surface area contributed by atoms with E-state index in [4.69, 9.17) is 10.4 Å². The molecule has 0 amide bonds. The second-order valence-corrected chi connectivity index (χ2v) is 4.33. The first kappa shape index (κ1) is 11.6. The molecule has 1 heterocycles. The molecule has 1 N–H and O–H groups in total. The lowest BCUT2D eigenvalue weighted by Gasteiger charge is -2.20. The second kappa shape index (κ2) is 4.98. The van der Waals surface area contributed by atoms with Crippen molar-refractivity contribution in [3.05, 3.63) is 35.9 Å². The molecule has 0 bridgehead atoms. The van der Waals surface area contributed by atoms with E-state index in [0.717, 1.165) is 5.56 Å². The molecule has 1 aliphatic heterocycles.